The molecule has 1 heterocycles. The van der Waals surface area contributed by atoms with Gasteiger partial charge in [0.25, 0.3) is 5.91 Å². The van der Waals surface area contributed by atoms with E-state index in [9.17, 15) is 19.8 Å². The number of aliphatic hydroxyl groups is 2. The van der Waals surface area contributed by atoms with E-state index >= 15 is 0 Å². The highest BCUT2D eigenvalue weighted by Crippen LogP contribution is 2.11. The molecular weight excluding hydrogens is 274 g/mol. The highest BCUT2D eigenvalue weighted by molar-refractivity contribution is 5.88. The Kier molecular flexibility index (Phi) is 6.57. The van der Waals surface area contributed by atoms with Gasteiger partial charge >= 0.3 is 0 Å². The summed E-state index contributed by atoms with van der Waals surface area (Å²) in [6.45, 7) is 9.53. The fourth-order valence-corrected chi connectivity index (χ4v) is 2.58. The summed E-state index contributed by atoms with van der Waals surface area (Å²) in [5.74, 6) is -0.874. The molecule has 0 aromatic heterocycles. The van der Waals surface area contributed by atoms with Crippen LogP contribution in [-0.2, 0) is 9.59 Å². The first-order chi connectivity index (χ1) is 9.73. The van der Waals surface area contributed by atoms with Crippen LogP contribution in [0.25, 0.3) is 0 Å². The molecule has 2 amide bonds. The van der Waals surface area contributed by atoms with E-state index in [4.69, 9.17) is 0 Å². The summed E-state index contributed by atoms with van der Waals surface area (Å²) in [4.78, 5) is 26.8. The Hall–Kier alpha value is -1.18. The maximum Gasteiger partial charge on any atom is 0.254 e. The monoisotopic (exact) mass is 301 g/mol. The molecule has 1 rings (SSSR count). The van der Waals surface area contributed by atoms with Gasteiger partial charge in [0.15, 0.2) is 6.10 Å². The van der Waals surface area contributed by atoms with E-state index in [2.05, 4.69) is 37.9 Å². The van der Waals surface area contributed by atoms with Crippen molar-refractivity contribution in [2.75, 3.05) is 26.2 Å². The van der Waals surface area contributed by atoms with Crippen LogP contribution in [0.5, 0.6) is 0 Å². The summed E-state index contributed by atoms with van der Waals surface area (Å²) in [7, 11) is 0. The van der Waals surface area contributed by atoms with E-state index in [0.717, 1.165) is 6.54 Å². The number of likely N-dealkylation sites (tertiary alicyclic amines) is 1. The van der Waals surface area contributed by atoms with Gasteiger partial charge in [-0.1, -0.05) is 0 Å². The molecule has 1 fully saturated rings. The van der Waals surface area contributed by atoms with E-state index in [1.54, 1.807) is 0 Å². The SMILES string of the molecule is CC(C)N(CCNC(=O)CN1C[C@@H](O)[C@@H](O)C1=O)C(C)C. The number of hydrogen-bond donors (Lipinski definition) is 3. The Labute approximate surface area is 125 Å². The molecular formula is C14H27N3O4. The van der Waals surface area contributed by atoms with Gasteiger partial charge in [0, 0.05) is 25.2 Å². The average molecular weight is 301 g/mol. The van der Waals surface area contributed by atoms with Crippen molar-refractivity contribution >= 4 is 11.8 Å². The molecule has 7 nitrogen and oxygen atoms in total. The molecule has 0 radical (unpaired) electrons. The van der Waals surface area contributed by atoms with Crippen molar-refractivity contribution in [2.45, 2.75) is 52.0 Å². The van der Waals surface area contributed by atoms with E-state index in [1.807, 2.05) is 0 Å². The summed E-state index contributed by atoms with van der Waals surface area (Å²) >= 11 is 0. The van der Waals surface area contributed by atoms with Gasteiger partial charge in [-0.05, 0) is 27.7 Å². The summed E-state index contributed by atoms with van der Waals surface area (Å²) in [6.07, 6.45) is -2.52. The Balaban J connectivity index is 2.33. The maximum atomic E-state index is 11.8. The lowest BCUT2D eigenvalue weighted by molar-refractivity contribution is -0.138. The third-order valence-corrected chi connectivity index (χ3v) is 3.69. The van der Waals surface area contributed by atoms with E-state index in [0.29, 0.717) is 18.6 Å². The lowest BCUT2D eigenvalue weighted by atomic mass is 10.2. The van der Waals surface area contributed by atoms with Crippen LogP contribution >= 0.6 is 0 Å². The van der Waals surface area contributed by atoms with Gasteiger partial charge in [-0.25, -0.2) is 0 Å². The maximum absolute atomic E-state index is 11.8. The minimum atomic E-state index is -1.41. The number of carbonyl (C=O) groups is 2. The fraction of sp³-hybridized carbons (Fsp3) is 0.857. The Bertz CT molecular complexity index is 365. The lowest BCUT2D eigenvalue weighted by Gasteiger charge is -2.30. The van der Waals surface area contributed by atoms with Gasteiger partial charge < -0.3 is 20.4 Å². The fourth-order valence-electron chi connectivity index (χ4n) is 2.58. The molecule has 0 aromatic rings. The molecule has 3 N–H and O–H groups in total. The van der Waals surface area contributed by atoms with Gasteiger partial charge in [0.1, 0.15) is 6.10 Å². The predicted molar refractivity (Wildman–Crippen MR) is 78.6 cm³/mol. The zero-order chi connectivity index (χ0) is 16.2. The Morgan fingerprint density at radius 2 is 1.90 bits per heavy atom. The second-order valence-electron chi connectivity index (χ2n) is 6.01. The number of hydrogen-bond acceptors (Lipinski definition) is 5. The number of nitrogens with zero attached hydrogens (tertiary/aromatic N) is 2. The molecule has 21 heavy (non-hydrogen) atoms. The molecule has 1 saturated heterocycles. The first-order valence-corrected chi connectivity index (χ1v) is 7.41. The largest absolute Gasteiger partial charge is 0.388 e. The number of nitrogens with one attached hydrogen (secondary N) is 1. The van der Waals surface area contributed by atoms with E-state index < -0.39 is 18.1 Å². The van der Waals surface area contributed by atoms with Crippen LogP contribution in [0.3, 0.4) is 0 Å². The predicted octanol–water partition coefficient (Wildman–Crippen LogP) is -1.21. The van der Waals surface area contributed by atoms with E-state index in [-0.39, 0.29) is 19.0 Å². The zero-order valence-electron chi connectivity index (χ0n) is 13.2. The van der Waals surface area contributed by atoms with Crippen molar-refractivity contribution in [1.82, 2.24) is 15.1 Å². The quantitative estimate of drug-likeness (QED) is 0.548. The minimum Gasteiger partial charge on any atom is -0.388 e. The summed E-state index contributed by atoms with van der Waals surface area (Å²) in [5, 5.41) is 21.5. The highest BCUT2D eigenvalue weighted by Gasteiger charge is 2.38. The van der Waals surface area contributed by atoms with Crippen molar-refractivity contribution in [3.8, 4) is 0 Å². The average Bonchev–Trinajstić information content (AvgIpc) is 2.61. The molecule has 1 aliphatic heterocycles. The summed E-state index contributed by atoms with van der Waals surface area (Å²) < 4.78 is 0. The molecule has 0 spiro atoms. The van der Waals surface area contributed by atoms with Crippen LogP contribution in [0.15, 0.2) is 0 Å². The molecule has 0 saturated carbocycles. The number of rotatable bonds is 7. The number of carbonyl (C=O) groups excluding carboxylic acids is 2. The molecule has 7 heteroatoms. The number of aliphatic hydroxyl groups excluding tert-OH is 2. The van der Waals surface area contributed by atoms with Gasteiger partial charge in [0.05, 0.1) is 13.1 Å². The van der Waals surface area contributed by atoms with Crippen LogP contribution in [0.4, 0.5) is 0 Å². The Morgan fingerprint density at radius 1 is 1.33 bits per heavy atom. The molecule has 0 aliphatic carbocycles. The van der Waals surface area contributed by atoms with Crippen molar-refractivity contribution < 1.29 is 19.8 Å². The van der Waals surface area contributed by atoms with E-state index in [1.165, 1.54) is 4.90 Å². The second kappa shape index (κ2) is 7.72. The third-order valence-electron chi connectivity index (χ3n) is 3.69. The third kappa shape index (κ3) is 4.94. The normalized spacial score (nSPS) is 22.7. The van der Waals surface area contributed by atoms with Crippen LogP contribution in [-0.4, -0.2) is 82.3 Å². The zero-order valence-corrected chi connectivity index (χ0v) is 13.2. The number of β-amino-alcohol motifs (C(OH)–C–C–N with tert-alkyl or cyclic N) is 1. The van der Waals surface area contributed by atoms with Gasteiger partial charge in [-0.15, -0.1) is 0 Å². The molecule has 0 aromatic carbocycles. The number of amides is 2. The molecule has 2 atom stereocenters. The van der Waals surface area contributed by atoms with Gasteiger partial charge in [-0.2, -0.15) is 0 Å². The summed E-state index contributed by atoms with van der Waals surface area (Å²) in [6, 6.07) is 0.791. The first-order valence-electron chi connectivity index (χ1n) is 7.41. The van der Waals surface area contributed by atoms with Crippen molar-refractivity contribution in [2.24, 2.45) is 0 Å². The van der Waals surface area contributed by atoms with Crippen molar-refractivity contribution in [3.63, 3.8) is 0 Å². The van der Waals surface area contributed by atoms with Gasteiger partial charge in [0.2, 0.25) is 5.91 Å². The van der Waals surface area contributed by atoms with Crippen LogP contribution in [0.2, 0.25) is 0 Å². The first kappa shape index (κ1) is 17.9. The van der Waals surface area contributed by atoms with Gasteiger partial charge in [-0.3, -0.25) is 14.5 Å². The second-order valence-corrected chi connectivity index (χ2v) is 6.01. The van der Waals surface area contributed by atoms with Crippen molar-refractivity contribution in [1.29, 1.82) is 0 Å². The summed E-state index contributed by atoms with van der Waals surface area (Å²) in [5.41, 5.74) is 0. The lowest BCUT2D eigenvalue weighted by Crippen LogP contribution is -2.45. The topological polar surface area (TPSA) is 93.1 Å². The Morgan fingerprint density at radius 3 is 2.33 bits per heavy atom. The molecule has 1 aliphatic rings. The van der Waals surface area contributed by atoms with Crippen molar-refractivity contribution in [3.05, 3.63) is 0 Å². The van der Waals surface area contributed by atoms with Crippen LogP contribution in [0.1, 0.15) is 27.7 Å². The smallest absolute Gasteiger partial charge is 0.254 e. The highest BCUT2D eigenvalue weighted by atomic mass is 16.3. The standard InChI is InChI=1S/C14H27N3O4/c1-9(2)17(10(3)4)6-5-15-12(19)8-16-7-11(18)13(20)14(16)21/h9-11,13,18,20H,5-8H2,1-4H3,(H,15,19)/t11-,13-/m1/s1. The molecule has 0 unspecified atom stereocenters. The molecule has 0 bridgehead atoms. The molecule has 122 valence electrons. The van der Waals surface area contributed by atoms with Crippen LogP contribution < -0.4 is 5.32 Å². The minimum absolute atomic E-state index is 0.00245. The van der Waals surface area contributed by atoms with Crippen LogP contribution in [0, 0.1) is 0 Å².